The number of nitrogens with one attached hydrogen (secondary N) is 1. The number of carbonyl (C=O) groups excluding carboxylic acids is 1. The molecule has 0 aromatic carbocycles. The first kappa shape index (κ1) is 10.1. The minimum absolute atomic E-state index is 0.206. The number of pyridine rings is 1. The Kier molecular flexibility index (Phi) is 2.05. The molecule has 6 heteroatoms. The zero-order valence-electron chi connectivity index (χ0n) is 9.05. The fourth-order valence-corrected chi connectivity index (χ4v) is 1.94. The van der Waals surface area contributed by atoms with Gasteiger partial charge in [-0.15, -0.1) is 0 Å². The zero-order valence-corrected chi connectivity index (χ0v) is 9.05. The second-order valence-corrected chi connectivity index (χ2v) is 4.16. The van der Waals surface area contributed by atoms with Gasteiger partial charge < -0.3 is 0 Å². The maximum absolute atomic E-state index is 11.7. The molecule has 6 nitrogen and oxygen atoms in total. The summed E-state index contributed by atoms with van der Waals surface area (Å²) in [6.07, 6.45) is 4.79. The molecule has 1 aliphatic carbocycles. The Morgan fingerprint density at radius 2 is 2.24 bits per heavy atom. The molecule has 86 valence electrons. The molecule has 0 unspecified atom stereocenters. The lowest BCUT2D eigenvalue weighted by molar-refractivity contribution is -0.123. The Morgan fingerprint density at radius 1 is 1.41 bits per heavy atom. The number of hydrogen-bond acceptors (Lipinski definition) is 5. The van der Waals surface area contributed by atoms with Crippen LogP contribution in [0.3, 0.4) is 0 Å². The van der Waals surface area contributed by atoms with E-state index >= 15 is 0 Å². The zero-order chi connectivity index (χ0) is 11.9. The van der Waals surface area contributed by atoms with E-state index in [-0.39, 0.29) is 5.91 Å². The Bertz CT molecular complexity index is 593. The average molecular weight is 229 g/mol. The standard InChI is InChI=1S/C11H11N5O/c12-16-10(17)11(3-4-11)8-6-14-7-2-1-5-13-9(7)15-8/h1-2,5-6H,3-4,12H2,(H,16,17). The fraction of sp³-hybridized carbons (Fsp3) is 0.273. The van der Waals surface area contributed by atoms with Crippen molar-refractivity contribution in [3.63, 3.8) is 0 Å². The molecule has 3 N–H and O–H groups in total. The summed E-state index contributed by atoms with van der Waals surface area (Å²) in [5, 5.41) is 0. The summed E-state index contributed by atoms with van der Waals surface area (Å²) in [5.41, 5.74) is 3.52. The second kappa shape index (κ2) is 3.46. The van der Waals surface area contributed by atoms with E-state index in [1.54, 1.807) is 18.5 Å². The Labute approximate surface area is 97.2 Å². The van der Waals surface area contributed by atoms with Gasteiger partial charge in [-0.05, 0) is 25.0 Å². The summed E-state index contributed by atoms with van der Waals surface area (Å²) in [4.78, 5) is 24.5. The van der Waals surface area contributed by atoms with Crippen molar-refractivity contribution < 1.29 is 4.79 Å². The predicted octanol–water partition coefficient (Wildman–Crippen LogP) is 0.0463. The second-order valence-electron chi connectivity index (χ2n) is 4.16. The third-order valence-corrected chi connectivity index (χ3v) is 3.12. The number of rotatable bonds is 2. The fourth-order valence-electron chi connectivity index (χ4n) is 1.94. The molecule has 0 spiro atoms. The number of hydrogen-bond donors (Lipinski definition) is 2. The lowest BCUT2D eigenvalue weighted by Crippen LogP contribution is -2.39. The molecule has 0 radical (unpaired) electrons. The van der Waals surface area contributed by atoms with Gasteiger partial charge in [-0.1, -0.05) is 0 Å². The number of nitrogens with two attached hydrogens (primary N) is 1. The van der Waals surface area contributed by atoms with Crippen molar-refractivity contribution in [2.24, 2.45) is 5.84 Å². The van der Waals surface area contributed by atoms with E-state index in [2.05, 4.69) is 20.4 Å². The van der Waals surface area contributed by atoms with E-state index in [0.717, 1.165) is 18.4 Å². The van der Waals surface area contributed by atoms with E-state index < -0.39 is 5.41 Å². The number of fused-ring (bicyclic) bond motifs is 1. The molecular weight excluding hydrogens is 218 g/mol. The molecule has 0 atom stereocenters. The molecule has 1 fully saturated rings. The van der Waals surface area contributed by atoms with Gasteiger partial charge in [0.2, 0.25) is 5.91 Å². The number of amides is 1. The highest BCUT2D eigenvalue weighted by Gasteiger charge is 2.52. The smallest absolute Gasteiger partial charge is 0.246 e. The highest BCUT2D eigenvalue weighted by atomic mass is 16.2. The van der Waals surface area contributed by atoms with Crippen LogP contribution in [0.25, 0.3) is 11.2 Å². The van der Waals surface area contributed by atoms with Gasteiger partial charge in [-0.25, -0.2) is 15.8 Å². The maximum atomic E-state index is 11.7. The number of hydrazine groups is 1. The lowest BCUT2D eigenvalue weighted by atomic mass is 10.0. The maximum Gasteiger partial charge on any atom is 0.246 e. The molecule has 3 rings (SSSR count). The van der Waals surface area contributed by atoms with Gasteiger partial charge >= 0.3 is 0 Å². The highest BCUT2D eigenvalue weighted by molar-refractivity contribution is 5.90. The van der Waals surface area contributed by atoms with E-state index in [4.69, 9.17) is 5.84 Å². The first-order valence-electron chi connectivity index (χ1n) is 5.35. The number of aromatic nitrogens is 3. The predicted molar refractivity (Wildman–Crippen MR) is 60.6 cm³/mol. The van der Waals surface area contributed by atoms with Gasteiger partial charge in [0.15, 0.2) is 5.65 Å². The summed E-state index contributed by atoms with van der Waals surface area (Å²) in [7, 11) is 0. The monoisotopic (exact) mass is 229 g/mol. The minimum atomic E-state index is -0.590. The van der Waals surface area contributed by atoms with Crippen molar-refractivity contribution in [1.82, 2.24) is 20.4 Å². The van der Waals surface area contributed by atoms with Gasteiger partial charge in [0.25, 0.3) is 0 Å². The molecule has 2 heterocycles. The summed E-state index contributed by atoms with van der Waals surface area (Å²) >= 11 is 0. The molecule has 0 aliphatic heterocycles. The molecule has 1 amide bonds. The van der Waals surface area contributed by atoms with Crippen LogP contribution in [0.4, 0.5) is 0 Å². The van der Waals surface area contributed by atoms with Crippen LogP contribution >= 0.6 is 0 Å². The van der Waals surface area contributed by atoms with Crippen LogP contribution in [0.15, 0.2) is 24.5 Å². The largest absolute Gasteiger partial charge is 0.293 e. The van der Waals surface area contributed by atoms with E-state index in [0.29, 0.717) is 11.3 Å². The van der Waals surface area contributed by atoms with Gasteiger partial charge in [-0.2, -0.15) is 0 Å². The first-order valence-corrected chi connectivity index (χ1v) is 5.35. The van der Waals surface area contributed by atoms with Gasteiger partial charge in [0, 0.05) is 6.20 Å². The normalized spacial score (nSPS) is 16.8. The highest BCUT2D eigenvalue weighted by Crippen LogP contribution is 2.47. The van der Waals surface area contributed by atoms with E-state index in [1.807, 2.05) is 6.07 Å². The van der Waals surface area contributed by atoms with Crippen LogP contribution in [0.1, 0.15) is 18.5 Å². The lowest BCUT2D eigenvalue weighted by Gasteiger charge is -2.12. The molecule has 2 aromatic heterocycles. The third kappa shape index (κ3) is 1.45. The molecule has 0 saturated heterocycles. The summed E-state index contributed by atoms with van der Waals surface area (Å²) in [6.45, 7) is 0. The van der Waals surface area contributed by atoms with Crippen molar-refractivity contribution in [2.45, 2.75) is 18.3 Å². The summed E-state index contributed by atoms with van der Waals surface area (Å²) in [6, 6.07) is 3.64. The Balaban J connectivity index is 2.10. The van der Waals surface area contributed by atoms with Gasteiger partial charge in [0.1, 0.15) is 5.52 Å². The topological polar surface area (TPSA) is 93.8 Å². The minimum Gasteiger partial charge on any atom is -0.293 e. The van der Waals surface area contributed by atoms with Crippen LogP contribution in [0.5, 0.6) is 0 Å². The summed E-state index contributed by atoms with van der Waals surface area (Å²) < 4.78 is 0. The third-order valence-electron chi connectivity index (χ3n) is 3.12. The molecule has 1 aliphatic rings. The quantitative estimate of drug-likeness (QED) is 0.431. The van der Waals surface area contributed by atoms with Crippen molar-refractivity contribution in [1.29, 1.82) is 0 Å². The van der Waals surface area contributed by atoms with Gasteiger partial charge in [0.05, 0.1) is 17.3 Å². The Morgan fingerprint density at radius 3 is 2.94 bits per heavy atom. The van der Waals surface area contributed by atoms with Gasteiger partial charge in [-0.3, -0.25) is 15.2 Å². The average Bonchev–Trinajstić information content (AvgIpc) is 3.19. The first-order chi connectivity index (χ1) is 8.26. The van der Waals surface area contributed by atoms with Crippen molar-refractivity contribution in [2.75, 3.05) is 0 Å². The number of nitrogens with zero attached hydrogens (tertiary/aromatic N) is 3. The SMILES string of the molecule is NNC(=O)C1(c2cnc3cccnc3n2)CC1. The van der Waals surface area contributed by atoms with E-state index in [9.17, 15) is 4.79 Å². The van der Waals surface area contributed by atoms with Crippen molar-refractivity contribution in [3.8, 4) is 0 Å². The number of carbonyl (C=O) groups is 1. The van der Waals surface area contributed by atoms with Crippen LogP contribution in [0, 0.1) is 0 Å². The molecular formula is C11H11N5O. The van der Waals surface area contributed by atoms with Crippen LogP contribution in [-0.2, 0) is 10.2 Å². The van der Waals surface area contributed by atoms with Crippen LogP contribution in [0.2, 0.25) is 0 Å². The Hall–Kier alpha value is -2.08. The van der Waals surface area contributed by atoms with Crippen LogP contribution in [-0.4, -0.2) is 20.9 Å². The summed E-state index contributed by atoms with van der Waals surface area (Å²) in [5.74, 6) is 4.98. The van der Waals surface area contributed by atoms with Crippen molar-refractivity contribution >= 4 is 17.1 Å². The molecule has 2 aromatic rings. The molecule has 0 bridgehead atoms. The van der Waals surface area contributed by atoms with Crippen LogP contribution < -0.4 is 11.3 Å². The van der Waals surface area contributed by atoms with Crippen molar-refractivity contribution in [3.05, 3.63) is 30.2 Å². The van der Waals surface area contributed by atoms with E-state index in [1.165, 1.54) is 0 Å². The molecule has 1 saturated carbocycles. The molecule has 17 heavy (non-hydrogen) atoms.